The average molecular weight is 567 g/mol. The SMILES string of the molecule is CCNC(=NCc1ccc(N2CCC(CO)CC2)cc1)N1CCC(C)C(n2ccnc2)C1.I. The molecule has 2 fully saturated rings. The van der Waals surface area contributed by atoms with Crippen molar-refractivity contribution >= 4 is 35.6 Å². The number of guanidine groups is 1. The minimum atomic E-state index is 0. The van der Waals surface area contributed by atoms with Crippen molar-refractivity contribution < 1.29 is 5.11 Å². The van der Waals surface area contributed by atoms with Gasteiger partial charge in [-0.15, -0.1) is 24.0 Å². The average Bonchev–Trinajstić information content (AvgIpc) is 3.37. The number of aliphatic hydroxyl groups excluding tert-OH is 1. The Labute approximate surface area is 215 Å². The van der Waals surface area contributed by atoms with E-state index in [4.69, 9.17) is 4.99 Å². The van der Waals surface area contributed by atoms with E-state index in [9.17, 15) is 5.11 Å². The molecule has 7 nitrogen and oxygen atoms in total. The molecule has 3 heterocycles. The van der Waals surface area contributed by atoms with Crippen LogP contribution in [0.5, 0.6) is 0 Å². The van der Waals surface area contributed by atoms with Gasteiger partial charge in [0, 0.05) is 57.4 Å². The number of aliphatic imine (C=N–C) groups is 1. The maximum Gasteiger partial charge on any atom is 0.194 e. The number of hydrogen-bond acceptors (Lipinski definition) is 4. The van der Waals surface area contributed by atoms with Gasteiger partial charge in [0.25, 0.3) is 0 Å². The van der Waals surface area contributed by atoms with E-state index in [1.54, 1.807) is 0 Å². The molecular formula is C25H39IN6O. The number of rotatable bonds is 6. The van der Waals surface area contributed by atoms with Gasteiger partial charge in [-0.3, -0.25) is 0 Å². The summed E-state index contributed by atoms with van der Waals surface area (Å²) in [5, 5.41) is 12.9. The van der Waals surface area contributed by atoms with Crippen LogP contribution >= 0.6 is 24.0 Å². The standard InChI is InChI=1S/C25H38N6O.HI/c1-3-27-25(30-12-8-20(2)24(17-30)31-15-11-26-19-31)28-16-21-4-6-23(7-5-21)29-13-9-22(18-32)10-14-29;/h4-7,11,15,19-20,22,24,32H,3,8-10,12-14,16-18H2,1-2H3,(H,27,28);1H. The third-order valence-electron chi connectivity index (χ3n) is 7.05. The normalized spacial score (nSPS) is 22.2. The maximum absolute atomic E-state index is 9.35. The van der Waals surface area contributed by atoms with Crippen LogP contribution in [0, 0.1) is 11.8 Å². The Bertz CT molecular complexity index is 848. The zero-order valence-corrected chi connectivity index (χ0v) is 22.3. The molecule has 8 heteroatoms. The number of aliphatic hydroxyl groups is 1. The smallest absolute Gasteiger partial charge is 0.194 e. The molecule has 2 aliphatic rings. The van der Waals surface area contributed by atoms with Crippen LogP contribution in [-0.2, 0) is 6.54 Å². The third kappa shape index (κ3) is 6.62. The van der Waals surface area contributed by atoms with Crippen LogP contribution < -0.4 is 10.2 Å². The Morgan fingerprint density at radius 1 is 1.15 bits per heavy atom. The molecule has 2 aliphatic heterocycles. The summed E-state index contributed by atoms with van der Waals surface area (Å²) < 4.78 is 2.24. The molecule has 33 heavy (non-hydrogen) atoms. The van der Waals surface area contributed by atoms with Crippen LogP contribution in [0.15, 0.2) is 48.0 Å². The first-order valence-corrected chi connectivity index (χ1v) is 12.1. The molecule has 0 saturated carbocycles. The highest BCUT2D eigenvalue weighted by atomic mass is 127. The molecule has 0 amide bonds. The van der Waals surface area contributed by atoms with Crippen LogP contribution in [0.25, 0.3) is 0 Å². The van der Waals surface area contributed by atoms with E-state index >= 15 is 0 Å². The summed E-state index contributed by atoms with van der Waals surface area (Å²) in [4.78, 5) is 14.0. The molecule has 2 atom stereocenters. The van der Waals surface area contributed by atoms with Gasteiger partial charge in [-0.05, 0) is 55.7 Å². The Hall–Kier alpha value is -1.81. The summed E-state index contributed by atoms with van der Waals surface area (Å²) >= 11 is 0. The molecule has 2 N–H and O–H groups in total. The zero-order chi connectivity index (χ0) is 22.3. The lowest BCUT2D eigenvalue weighted by atomic mass is 9.93. The van der Waals surface area contributed by atoms with Crippen molar-refractivity contribution in [3.63, 3.8) is 0 Å². The number of likely N-dealkylation sites (tertiary alicyclic amines) is 1. The Balaban J connectivity index is 0.00000306. The lowest BCUT2D eigenvalue weighted by molar-refractivity contribution is 0.189. The first-order valence-electron chi connectivity index (χ1n) is 12.1. The van der Waals surface area contributed by atoms with Crippen LogP contribution in [0.2, 0.25) is 0 Å². The van der Waals surface area contributed by atoms with Crippen molar-refractivity contribution in [2.75, 3.05) is 44.2 Å². The Morgan fingerprint density at radius 3 is 2.55 bits per heavy atom. The van der Waals surface area contributed by atoms with Crippen molar-refractivity contribution in [2.45, 2.75) is 45.7 Å². The van der Waals surface area contributed by atoms with Crippen LogP contribution in [0.4, 0.5) is 5.69 Å². The van der Waals surface area contributed by atoms with E-state index in [0.717, 1.165) is 57.9 Å². The van der Waals surface area contributed by atoms with E-state index in [1.807, 2.05) is 12.5 Å². The molecule has 1 aromatic heterocycles. The molecule has 182 valence electrons. The molecule has 0 spiro atoms. The predicted octanol–water partition coefficient (Wildman–Crippen LogP) is 3.76. The van der Waals surface area contributed by atoms with Crippen molar-refractivity contribution in [3.8, 4) is 0 Å². The topological polar surface area (TPSA) is 68.9 Å². The largest absolute Gasteiger partial charge is 0.396 e. The predicted molar refractivity (Wildman–Crippen MR) is 145 cm³/mol. The Morgan fingerprint density at radius 2 is 1.91 bits per heavy atom. The zero-order valence-electron chi connectivity index (χ0n) is 19.9. The van der Waals surface area contributed by atoms with E-state index in [2.05, 4.69) is 69.0 Å². The summed E-state index contributed by atoms with van der Waals surface area (Å²) in [6.07, 6.45) is 9.16. The van der Waals surface area contributed by atoms with Gasteiger partial charge < -0.3 is 24.8 Å². The summed E-state index contributed by atoms with van der Waals surface area (Å²) in [5.74, 6) is 2.09. The molecule has 0 aliphatic carbocycles. The van der Waals surface area contributed by atoms with Gasteiger partial charge >= 0.3 is 0 Å². The van der Waals surface area contributed by atoms with E-state index in [-0.39, 0.29) is 24.0 Å². The number of aromatic nitrogens is 2. The quantitative estimate of drug-likeness (QED) is 0.317. The summed E-state index contributed by atoms with van der Waals surface area (Å²) in [7, 11) is 0. The van der Waals surface area contributed by atoms with Crippen molar-refractivity contribution in [2.24, 2.45) is 16.8 Å². The number of hydrogen-bond donors (Lipinski definition) is 2. The van der Waals surface area contributed by atoms with Gasteiger partial charge in [0.2, 0.25) is 0 Å². The number of nitrogens with zero attached hydrogens (tertiary/aromatic N) is 5. The fraction of sp³-hybridized carbons (Fsp3) is 0.600. The number of piperidine rings is 2. The second-order valence-corrected chi connectivity index (χ2v) is 9.24. The monoisotopic (exact) mass is 566 g/mol. The van der Waals surface area contributed by atoms with E-state index < -0.39 is 0 Å². The maximum atomic E-state index is 9.35. The highest BCUT2D eigenvalue weighted by molar-refractivity contribution is 14.0. The van der Waals surface area contributed by atoms with Crippen LogP contribution in [-0.4, -0.2) is 64.8 Å². The second kappa shape index (κ2) is 12.6. The van der Waals surface area contributed by atoms with Gasteiger partial charge in [-0.25, -0.2) is 9.98 Å². The third-order valence-corrected chi connectivity index (χ3v) is 7.05. The molecule has 1 aromatic carbocycles. The van der Waals surface area contributed by atoms with E-state index in [1.165, 1.54) is 11.3 Å². The number of halogens is 1. The number of benzene rings is 1. The lowest BCUT2D eigenvalue weighted by Crippen LogP contribution is -2.49. The number of nitrogens with one attached hydrogen (secondary N) is 1. The van der Waals surface area contributed by atoms with Gasteiger partial charge in [-0.1, -0.05) is 19.1 Å². The minimum Gasteiger partial charge on any atom is -0.396 e. The summed E-state index contributed by atoms with van der Waals surface area (Å²) in [6.45, 7) is 10.4. The molecule has 0 radical (unpaired) electrons. The van der Waals surface area contributed by atoms with E-state index in [0.29, 0.717) is 31.0 Å². The fourth-order valence-corrected chi connectivity index (χ4v) is 4.87. The van der Waals surface area contributed by atoms with Gasteiger partial charge in [0.15, 0.2) is 5.96 Å². The second-order valence-electron chi connectivity index (χ2n) is 9.24. The van der Waals surface area contributed by atoms with Crippen LogP contribution in [0.1, 0.15) is 44.7 Å². The first kappa shape index (κ1) is 25.8. The molecule has 0 bridgehead atoms. The molecule has 2 aromatic rings. The Kier molecular flexibility index (Phi) is 9.85. The lowest BCUT2D eigenvalue weighted by Gasteiger charge is -2.39. The number of anilines is 1. The van der Waals surface area contributed by atoms with Gasteiger partial charge in [-0.2, -0.15) is 0 Å². The first-order chi connectivity index (χ1) is 15.7. The highest BCUT2D eigenvalue weighted by Gasteiger charge is 2.28. The van der Waals surface area contributed by atoms with Crippen molar-refractivity contribution in [1.29, 1.82) is 0 Å². The summed E-state index contributed by atoms with van der Waals surface area (Å²) in [6, 6.07) is 9.26. The fourth-order valence-electron chi connectivity index (χ4n) is 4.87. The molecule has 2 saturated heterocycles. The minimum absolute atomic E-state index is 0. The molecule has 4 rings (SSSR count). The van der Waals surface area contributed by atoms with Crippen molar-refractivity contribution in [3.05, 3.63) is 48.5 Å². The summed E-state index contributed by atoms with van der Waals surface area (Å²) in [5.41, 5.74) is 2.50. The molecule has 2 unspecified atom stereocenters. The molecular weight excluding hydrogens is 527 g/mol. The van der Waals surface area contributed by atoms with Gasteiger partial charge in [0.05, 0.1) is 18.9 Å². The van der Waals surface area contributed by atoms with Gasteiger partial charge in [0.1, 0.15) is 0 Å². The van der Waals surface area contributed by atoms with Crippen molar-refractivity contribution in [1.82, 2.24) is 19.8 Å². The number of imidazole rings is 1. The van der Waals surface area contributed by atoms with Crippen LogP contribution in [0.3, 0.4) is 0 Å². The highest BCUT2D eigenvalue weighted by Crippen LogP contribution is 2.28.